The van der Waals surface area contributed by atoms with Gasteiger partial charge in [0.2, 0.25) is 0 Å². The predicted molar refractivity (Wildman–Crippen MR) is 95.3 cm³/mol. The fourth-order valence-electron chi connectivity index (χ4n) is 4.53. The molecule has 118 valence electrons. The number of rotatable bonds is 2. The van der Waals surface area contributed by atoms with Gasteiger partial charge in [0.1, 0.15) is 5.75 Å². The van der Waals surface area contributed by atoms with Crippen LogP contribution in [0.5, 0.6) is 5.75 Å². The van der Waals surface area contributed by atoms with Crippen LogP contribution in [0, 0.1) is 11.8 Å². The quantitative estimate of drug-likeness (QED) is 0.744. The summed E-state index contributed by atoms with van der Waals surface area (Å²) >= 11 is 0. The molecule has 0 aromatic heterocycles. The molecule has 0 heterocycles. The van der Waals surface area contributed by atoms with E-state index >= 15 is 0 Å². The molecule has 0 aliphatic heterocycles. The van der Waals surface area contributed by atoms with Gasteiger partial charge in [-0.1, -0.05) is 60.9 Å². The SMILES string of the molecule is Oc1ccc(/C(=C2\CC[C@H]3CCC[C@@H]2C3)c2ccccc2)cc1. The summed E-state index contributed by atoms with van der Waals surface area (Å²) in [6.07, 6.45) is 8.13. The molecule has 2 aromatic rings. The summed E-state index contributed by atoms with van der Waals surface area (Å²) in [5.74, 6) is 2.05. The molecule has 2 aromatic carbocycles. The van der Waals surface area contributed by atoms with Crippen molar-refractivity contribution >= 4 is 5.57 Å². The van der Waals surface area contributed by atoms with E-state index in [-0.39, 0.29) is 0 Å². The van der Waals surface area contributed by atoms with Gasteiger partial charge in [-0.2, -0.15) is 0 Å². The average molecular weight is 304 g/mol. The fraction of sp³-hybridized carbons (Fsp3) is 0.364. The van der Waals surface area contributed by atoms with E-state index in [1.807, 2.05) is 12.1 Å². The summed E-state index contributed by atoms with van der Waals surface area (Å²) in [5.41, 5.74) is 5.62. The van der Waals surface area contributed by atoms with Gasteiger partial charge in [0.15, 0.2) is 0 Å². The Kier molecular flexibility index (Phi) is 3.95. The molecular formula is C22H24O. The van der Waals surface area contributed by atoms with Gasteiger partial charge < -0.3 is 5.11 Å². The Morgan fingerprint density at radius 3 is 2.35 bits per heavy atom. The number of phenolic OH excluding ortho intramolecular Hbond substituents is 1. The van der Waals surface area contributed by atoms with Crippen molar-refractivity contribution in [3.8, 4) is 5.75 Å². The normalized spacial score (nSPS) is 25.9. The van der Waals surface area contributed by atoms with Crippen LogP contribution in [-0.4, -0.2) is 5.11 Å². The first-order chi connectivity index (χ1) is 11.3. The Hall–Kier alpha value is -2.02. The van der Waals surface area contributed by atoms with Crippen molar-refractivity contribution in [2.24, 2.45) is 11.8 Å². The van der Waals surface area contributed by atoms with Crippen LogP contribution in [0.4, 0.5) is 0 Å². The number of hydrogen-bond acceptors (Lipinski definition) is 1. The fourth-order valence-corrected chi connectivity index (χ4v) is 4.53. The van der Waals surface area contributed by atoms with Gasteiger partial charge in [0, 0.05) is 0 Å². The smallest absolute Gasteiger partial charge is 0.115 e. The Balaban J connectivity index is 1.84. The monoisotopic (exact) mass is 304 g/mol. The highest BCUT2D eigenvalue weighted by molar-refractivity contribution is 5.82. The molecule has 0 unspecified atom stereocenters. The highest BCUT2D eigenvalue weighted by Gasteiger charge is 2.31. The maximum atomic E-state index is 9.65. The lowest BCUT2D eigenvalue weighted by Gasteiger charge is -2.38. The minimum atomic E-state index is 0.340. The molecule has 2 fully saturated rings. The largest absolute Gasteiger partial charge is 0.508 e. The Morgan fingerprint density at radius 2 is 1.57 bits per heavy atom. The topological polar surface area (TPSA) is 20.2 Å². The lowest BCUT2D eigenvalue weighted by Crippen LogP contribution is -2.24. The Labute approximate surface area is 138 Å². The molecule has 1 heteroatoms. The second-order valence-electron chi connectivity index (χ2n) is 7.08. The van der Waals surface area contributed by atoms with E-state index in [2.05, 4.69) is 42.5 Å². The van der Waals surface area contributed by atoms with E-state index in [1.54, 1.807) is 5.57 Å². The molecule has 2 bridgehead atoms. The second-order valence-corrected chi connectivity index (χ2v) is 7.08. The molecule has 2 aliphatic carbocycles. The third-order valence-electron chi connectivity index (χ3n) is 5.64. The third kappa shape index (κ3) is 2.93. The minimum Gasteiger partial charge on any atom is -0.508 e. The van der Waals surface area contributed by atoms with Gasteiger partial charge in [-0.25, -0.2) is 0 Å². The summed E-state index contributed by atoms with van der Waals surface area (Å²) in [7, 11) is 0. The van der Waals surface area contributed by atoms with Crippen molar-refractivity contribution in [1.82, 2.24) is 0 Å². The maximum Gasteiger partial charge on any atom is 0.115 e. The molecule has 0 spiro atoms. The van der Waals surface area contributed by atoms with E-state index in [1.165, 1.54) is 55.2 Å². The van der Waals surface area contributed by atoms with Crippen LogP contribution in [-0.2, 0) is 0 Å². The number of aromatic hydroxyl groups is 1. The van der Waals surface area contributed by atoms with E-state index in [4.69, 9.17) is 0 Å². The molecule has 2 aliphatic rings. The molecule has 4 rings (SSSR count). The molecule has 0 amide bonds. The molecule has 0 saturated heterocycles. The van der Waals surface area contributed by atoms with E-state index in [9.17, 15) is 5.11 Å². The first-order valence-corrected chi connectivity index (χ1v) is 8.89. The first kappa shape index (κ1) is 14.6. The third-order valence-corrected chi connectivity index (χ3v) is 5.64. The molecule has 23 heavy (non-hydrogen) atoms. The molecule has 2 saturated carbocycles. The number of hydrogen-bond donors (Lipinski definition) is 1. The van der Waals surface area contributed by atoms with Crippen LogP contribution in [0.25, 0.3) is 5.57 Å². The number of allylic oxidation sites excluding steroid dienone is 1. The van der Waals surface area contributed by atoms with Crippen molar-refractivity contribution in [3.63, 3.8) is 0 Å². The van der Waals surface area contributed by atoms with Crippen LogP contribution >= 0.6 is 0 Å². The molecule has 0 radical (unpaired) electrons. The van der Waals surface area contributed by atoms with Crippen LogP contribution in [0.2, 0.25) is 0 Å². The Bertz CT molecular complexity index is 697. The van der Waals surface area contributed by atoms with Crippen LogP contribution < -0.4 is 0 Å². The van der Waals surface area contributed by atoms with Crippen molar-refractivity contribution < 1.29 is 5.11 Å². The average Bonchev–Trinajstić information content (AvgIpc) is 2.60. The number of benzene rings is 2. The van der Waals surface area contributed by atoms with Crippen LogP contribution in [0.3, 0.4) is 0 Å². The zero-order valence-electron chi connectivity index (χ0n) is 13.5. The molecule has 1 N–H and O–H groups in total. The number of fused-ring (bicyclic) bond motifs is 2. The van der Waals surface area contributed by atoms with E-state index < -0.39 is 0 Å². The van der Waals surface area contributed by atoms with E-state index in [0.717, 1.165) is 11.8 Å². The highest BCUT2D eigenvalue weighted by atomic mass is 16.3. The minimum absolute atomic E-state index is 0.340. The summed E-state index contributed by atoms with van der Waals surface area (Å²) < 4.78 is 0. The second kappa shape index (κ2) is 6.23. The van der Waals surface area contributed by atoms with Crippen molar-refractivity contribution in [3.05, 3.63) is 71.3 Å². The summed E-state index contributed by atoms with van der Waals surface area (Å²) in [6, 6.07) is 18.6. The number of phenols is 1. The van der Waals surface area contributed by atoms with Crippen molar-refractivity contribution in [2.45, 2.75) is 38.5 Å². The van der Waals surface area contributed by atoms with Gasteiger partial charge in [0.05, 0.1) is 0 Å². The van der Waals surface area contributed by atoms with Crippen molar-refractivity contribution in [1.29, 1.82) is 0 Å². The van der Waals surface area contributed by atoms with Gasteiger partial charge in [-0.15, -0.1) is 0 Å². The van der Waals surface area contributed by atoms with Gasteiger partial charge in [-0.05, 0) is 66.4 Å². The maximum absolute atomic E-state index is 9.65. The lowest BCUT2D eigenvalue weighted by atomic mass is 9.67. The summed E-state index contributed by atoms with van der Waals surface area (Å²) in [6.45, 7) is 0. The standard InChI is InChI=1S/C22H24O/c23-20-12-10-18(11-13-20)22(17-6-2-1-3-7-17)21-14-9-16-5-4-8-19(21)15-16/h1-3,6-7,10-13,16,19,23H,4-5,8-9,14-15H2/b22-21+/t16-,19-/m1/s1. The molecule has 2 atom stereocenters. The summed E-state index contributed by atoms with van der Waals surface area (Å²) in [4.78, 5) is 0. The molecular weight excluding hydrogens is 280 g/mol. The highest BCUT2D eigenvalue weighted by Crippen LogP contribution is 2.46. The van der Waals surface area contributed by atoms with Gasteiger partial charge in [-0.3, -0.25) is 0 Å². The first-order valence-electron chi connectivity index (χ1n) is 8.89. The van der Waals surface area contributed by atoms with Gasteiger partial charge in [0.25, 0.3) is 0 Å². The molecule has 1 nitrogen and oxygen atoms in total. The lowest BCUT2D eigenvalue weighted by molar-refractivity contribution is 0.243. The predicted octanol–water partition coefficient (Wildman–Crippen LogP) is 5.79. The van der Waals surface area contributed by atoms with Gasteiger partial charge >= 0.3 is 0 Å². The summed E-state index contributed by atoms with van der Waals surface area (Å²) in [5, 5.41) is 9.65. The zero-order valence-corrected chi connectivity index (χ0v) is 13.5. The van der Waals surface area contributed by atoms with Crippen LogP contribution in [0.15, 0.2) is 60.2 Å². The zero-order chi connectivity index (χ0) is 15.6. The van der Waals surface area contributed by atoms with Crippen molar-refractivity contribution in [2.75, 3.05) is 0 Å². The van der Waals surface area contributed by atoms with E-state index in [0.29, 0.717) is 5.75 Å². The Morgan fingerprint density at radius 1 is 0.826 bits per heavy atom. The van der Waals surface area contributed by atoms with Crippen LogP contribution in [0.1, 0.15) is 49.7 Å².